The second-order valence-electron chi connectivity index (χ2n) is 9.29. The van der Waals surface area contributed by atoms with Crippen LogP contribution < -0.4 is 0 Å². The minimum Gasteiger partial charge on any atom is -0.480 e. The molecule has 2 heterocycles. The summed E-state index contributed by atoms with van der Waals surface area (Å²) in [6, 6.07) is 17.8. The standard InChI is InChI=1S/C28H23F2N3O5/c29-21-9-10-22(23(30)15-21)18-5-7-20(8-6-18)25-31-24(32-38-25)19-3-1-17(2-4-19)16-33-13-11-28(12-14-33,26(34)35)27(36)37/h1-10,15H,11-14,16H2,(H,34,35)(H,36,37). The maximum absolute atomic E-state index is 14.1. The van der Waals surface area contributed by atoms with Crippen LogP contribution in [-0.4, -0.2) is 50.3 Å². The highest BCUT2D eigenvalue weighted by Crippen LogP contribution is 2.33. The average Bonchev–Trinajstić information content (AvgIpc) is 3.40. The molecule has 5 rings (SSSR count). The van der Waals surface area contributed by atoms with Gasteiger partial charge in [0.15, 0.2) is 5.41 Å². The number of halogens is 2. The zero-order chi connectivity index (χ0) is 26.9. The smallest absolute Gasteiger partial charge is 0.321 e. The van der Waals surface area contributed by atoms with Gasteiger partial charge in [-0.3, -0.25) is 14.5 Å². The number of piperidine rings is 1. The molecule has 1 fully saturated rings. The van der Waals surface area contributed by atoms with Gasteiger partial charge < -0.3 is 14.7 Å². The van der Waals surface area contributed by atoms with Crippen LogP contribution in [0.25, 0.3) is 34.0 Å². The Morgan fingerprint density at radius 2 is 1.47 bits per heavy atom. The van der Waals surface area contributed by atoms with Crippen molar-refractivity contribution in [2.75, 3.05) is 13.1 Å². The Kier molecular flexibility index (Phi) is 6.73. The van der Waals surface area contributed by atoms with Crippen molar-refractivity contribution < 1.29 is 33.1 Å². The zero-order valence-corrected chi connectivity index (χ0v) is 20.1. The van der Waals surface area contributed by atoms with Crippen LogP contribution in [0.1, 0.15) is 18.4 Å². The molecule has 1 aliphatic rings. The van der Waals surface area contributed by atoms with Crippen molar-refractivity contribution >= 4 is 11.9 Å². The van der Waals surface area contributed by atoms with Crippen molar-refractivity contribution in [3.63, 3.8) is 0 Å². The molecule has 1 saturated heterocycles. The van der Waals surface area contributed by atoms with Crippen LogP contribution in [-0.2, 0) is 16.1 Å². The number of hydrogen-bond donors (Lipinski definition) is 2. The third-order valence-corrected chi connectivity index (χ3v) is 6.95. The van der Waals surface area contributed by atoms with Gasteiger partial charge in [-0.15, -0.1) is 0 Å². The number of rotatable bonds is 7. The molecule has 3 aromatic carbocycles. The SMILES string of the molecule is O=C(O)C1(C(=O)O)CCN(Cc2ccc(-c3noc(-c4ccc(-c5ccc(F)cc5F)cc4)n3)cc2)CC1. The van der Waals surface area contributed by atoms with Gasteiger partial charge in [0.25, 0.3) is 5.89 Å². The van der Waals surface area contributed by atoms with Crippen molar-refractivity contribution in [1.29, 1.82) is 0 Å². The predicted octanol–water partition coefficient (Wildman–Crippen LogP) is 5.10. The highest BCUT2D eigenvalue weighted by Gasteiger charge is 2.48. The first-order valence-electron chi connectivity index (χ1n) is 11.9. The summed E-state index contributed by atoms with van der Waals surface area (Å²) in [6.07, 6.45) is 0.114. The Morgan fingerprint density at radius 3 is 2.08 bits per heavy atom. The molecule has 4 aromatic rings. The topological polar surface area (TPSA) is 117 Å². The Hall–Kier alpha value is -4.44. The Labute approximate surface area is 216 Å². The number of hydrogen-bond acceptors (Lipinski definition) is 6. The first kappa shape index (κ1) is 25.2. The molecule has 0 aliphatic carbocycles. The molecule has 1 aromatic heterocycles. The second kappa shape index (κ2) is 10.1. The van der Waals surface area contributed by atoms with E-state index < -0.39 is 29.0 Å². The fraction of sp³-hybridized carbons (Fsp3) is 0.214. The zero-order valence-electron chi connectivity index (χ0n) is 20.1. The van der Waals surface area contributed by atoms with Gasteiger partial charge in [-0.1, -0.05) is 41.6 Å². The van der Waals surface area contributed by atoms with Gasteiger partial charge in [0.1, 0.15) is 11.6 Å². The number of benzene rings is 3. The lowest BCUT2D eigenvalue weighted by Gasteiger charge is -2.36. The third-order valence-electron chi connectivity index (χ3n) is 6.95. The third kappa shape index (κ3) is 4.90. The summed E-state index contributed by atoms with van der Waals surface area (Å²) in [5.41, 5.74) is 1.54. The van der Waals surface area contributed by atoms with Gasteiger partial charge in [-0.2, -0.15) is 4.98 Å². The van der Waals surface area contributed by atoms with Crippen molar-refractivity contribution in [2.24, 2.45) is 5.41 Å². The second-order valence-corrected chi connectivity index (χ2v) is 9.29. The molecule has 194 valence electrons. The molecule has 0 radical (unpaired) electrons. The van der Waals surface area contributed by atoms with Crippen LogP contribution in [0.5, 0.6) is 0 Å². The average molecular weight is 520 g/mol. The maximum atomic E-state index is 14.1. The van der Waals surface area contributed by atoms with E-state index >= 15 is 0 Å². The molecule has 8 nitrogen and oxygen atoms in total. The van der Waals surface area contributed by atoms with E-state index in [2.05, 4.69) is 10.1 Å². The summed E-state index contributed by atoms with van der Waals surface area (Å²) in [6.45, 7) is 1.32. The predicted molar refractivity (Wildman–Crippen MR) is 133 cm³/mol. The van der Waals surface area contributed by atoms with Gasteiger partial charge in [0, 0.05) is 42.4 Å². The summed E-state index contributed by atoms with van der Waals surface area (Å²) in [5.74, 6) is -3.16. The van der Waals surface area contributed by atoms with Gasteiger partial charge >= 0.3 is 11.9 Å². The van der Waals surface area contributed by atoms with Crippen molar-refractivity contribution in [1.82, 2.24) is 15.0 Å². The Bertz CT molecular complexity index is 1460. The highest BCUT2D eigenvalue weighted by molar-refractivity contribution is 5.98. The van der Waals surface area contributed by atoms with E-state index in [1.807, 2.05) is 29.2 Å². The van der Waals surface area contributed by atoms with Crippen LogP contribution in [0, 0.1) is 17.0 Å². The number of aliphatic carboxylic acids is 2. The van der Waals surface area contributed by atoms with Crippen molar-refractivity contribution in [2.45, 2.75) is 19.4 Å². The number of nitrogens with zero attached hydrogens (tertiary/aromatic N) is 3. The molecule has 0 saturated carbocycles. The summed E-state index contributed by atoms with van der Waals surface area (Å²) >= 11 is 0. The van der Waals surface area contributed by atoms with Gasteiger partial charge in [0.05, 0.1) is 0 Å². The molecule has 38 heavy (non-hydrogen) atoms. The van der Waals surface area contributed by atoms with Crippen LogP contribution in [0.3, 0.4) is 0 Å². The van der Waals surface area contributed by atoms with Crippen LogP contribution in [0.15, 0.2) is 71.3 Å². The van der Waals surface area contributed by atoms with Gasteiger partial charge in [0.2, 0.25) is 5.82 Å². The number of aromatic nitrogens is 2. The van der Waals surface area contributed by atoms with Gasteiger partial charge in [-0.25, -0.2) is 8.78 Å². The Morgan fingerprint density at radius 1 is 0.868 bits per heavy atom. The van der Waals surface area contributed by atoms with Crippen LogP contribution in [0.4, 0.5) is 8.78 Å². The minimum absolute atomic E-state index is 0.0568. The monoisotopic (exact) mass is 519 g/mol. The fourth-order valence-electron chi connectivity index (χ4n) is 4.60. The summed E-state index contributed by atoms with van der Waals surface area (Å²) in [7, 11) is 0. The lowest BCUT2D eigenvalue weighted by molar-refractivity contribution is -0.168. The lowest BCUT2D eigenvalue weighted by atomic mass is 9.78. The van der Waals surface area contributed by atoms with Crippen molar-refractivity contribution in [3.05, 3.63) is 83.9 Å². The number of likely N-dealkylation sites (tertiary alicyclic amines) is 1. The molecule has 0 bridgehead atoms. The van der Waals surface area contributed by atoms with E-state index in [1.165, 1.54) is 12.1 Å². The molecular weight excluding hydrogens is 496 g/mol. The van der Waals surface area contributed by atoms with Crippen molar-refractivity contribution in [3.8, 4) is 34.0 Å². The number of carboxylic acids is 2. The first-order valence-corrected chi connectivity index (χ1v) is 11.9. The fourth-order valence-corrected chi connectivity index (χ4v) is 4.60. The molecule has 0 amide bonds. The normalized spacial score (nSPS) is 15.3. The molecule has 1 aliphatic heterocycles. The van der Waals surface area contributed by atoms with E-state index in [4.69, 9.17) is 4.52 Å². The Balaban J connectivity index is 1.23. The molecule has 0 unspecified atom stereocenters. The first-order chi connectivity index (χ1) is 18.2. The quantitative estimate of drug-likeness (QED) is 0.324. The largest absolute Gasteiger partial charge is 0.480 e. The lowest BCUT2D eigenvalue weighted by Crippen LogP contribution is -2.48. The van der Waals surface area contributed by atoms with E-state index in [0.717, 1.165) is 17.2 Å². The summed E-state index contributed by atoms with van der Waals surface area (Å²) in [5, 5.41) is 22.8. The van der Waals surface area contributed by atoms with Crippen LogP contribution in [0.2, 0.25) is 0 Å². The van der Waals surface area contributed by atoms with E-state index in [1.54, 1.807) is 24.3 Å². The summed E-state index contributed by atoms with van der Waals surface area (Å²) < 4.78 is 32.7. The molecule has 2 N–H and O–H groups in total. The molecular formula is C28H23F2N3O5. The number of carboxylic acid groups (broad SMARTS) is 2. The molecule has 10 heteroatoms. The van der Waals surface area contributed by atoms with E-state index in [0.29, 0.717) is 42.5 Å². The van der Waals surface area contributed by atoms with Gasteiger partial charge in [-0.05, 0) is 48.2 Å². The summed E-state index contributed by atoms with van der Waals surface area (Å²) in [4.78, 5) is 29.5. The van der Waals surface area contributed by atoms with E-state index in [9.17, 15) is 28.6 Å². The van der Waals surface area contributed by atoms with E-state index in [-0.39, 0.29) is 18.4 Å². The van der Waals surface area contributed by atoms with Crippen LogP contribution >= 0.6 is 0 Å². The molecule has 0 spiro atoms. The maximum Gasteiger partial charge on any atom is 0.321 e. The molecule has 0 atom stereocenters. The number of carbonyl (C=O) groups is 2. The minimum atomic E-state index is -1.71. The highest BCUT2D eigenvalue weighted by atomic mass is 19.1.